The summed E-state index contributed by atoms with van der Waals surface area (Å²) in [5.41, 5.74) is 1.18. The van der Waals surface area contributed by atoms with E-state index in [-0.39, 0.29) is 17.1 Å². The smallest absolute Gasteiger partial charge is 0.251 e. The van der Waals surface area contributed by atoms with E-state index >= 15 is 0 Å². The van der Waals surface area contributed by atoms with Crippen LogP contribution in [-0.2, 0) is 5.41 Å². The standard InChI is InChI=1S/C22H29FN4O2/c1-22(2,17-8-6-9-18(23)14-17)15-27-21(24-3)26-12-11-25-20(28)16-7-5-10-19(13-16)29-4/h5-10,13-14H,11-12,15H2,1-4H3,(H,25,28)(H2,24,26,27). The summed E-state index contributed by atoms with van der Waals surface area (Å²) in [6.45, 7) is 5.60. The van der Waals surface area contributed by atoms with Crippen molar-refractivity contribution < 1.29 is 13.9 Å². The van der Waals surface area contributed by atoms with Gasteiger partial charge in [-0.3, -0.25) is 9.79 Å². The van der Waals surface area contributed by atoms with Crippen LogP contribution in [0.1, 0.15) is 29.8 Å². The molecular weight excluding hydrogens is 371 g/mol. The zero-order valence-corrected chi connectivity index (χ0v) is 17.4. The van der Waals surface area contributed by atoms with E-state index in [4.69, 9.17) is 4.74 Å². The molecule has 0 saturated carbocycles. The normalized spacial score (nSPS) is 11.7. The van der Waals surface area contributed by atoms with Gasteiger partial charge in [0.2, 0.25) is 0 Å². The molecule has 0 saturated heterocycles. The predicted octanol–water partition coefficient (Wildman–Crippen LogP) is 2.71. The van der Waals surface area contributed by atoms with Gasteiger partial charge >= 0.3 is 0 Å². The first-order valence-electron chi connectivity index (χ1n) is 9.48. The van der Waals surface area contributed by atoms with E-state index in [1.165, 1.54) is 6.07 Å². The Balaban J connectivity index is 1.78. The molecule has 7 heteroatoms. The Labute approximate surface area is 171 Å². The fraction of sp³-hybridized carbons (Fsp3) is 0.364. The molecule has 6 nitrogen and oxygen atoms in total. The molecule has 0 bridgehead atoms. The van der Waals surface area contributed by atoms with E-state index in [2.05, 4.69) is 20.9 Å². The van der Waals surface area contributed by atoms with Gasteiger partial charge in [0.15, 0.2) is 5.96 Å². The van der Waals surface area contributed by atoms with Crippen molar-refractivity contribution in [1.29, 1.82) is 0 Å². The molecule has 1 amide bonds. The molecule has 0 aliphatic carbocycles. The highest BCUT2D eigenvalue weighted by molar-refractivity contribution is 5.94. The molecule has 0 heterocycles. The summed E-state index contributed by atoms with van der Waals surface area (Å²) in [6, 6.07) is 13.6. The summed E-state index contributed by atoms with van der Waals surface area (Å²) in [7, 11) is 3.24. The Morgan fingerprint density at radius 2 is 1.79 bits per heavy atom. The van der Waals surface area contributed by atoms with Crippen LogP contribution >= 0.6 is 0 Å². The average Bonchev–Trinajstić information content (AvgIpc) is 2.73. The summed E-state index contributed by atoms with van der Waals surface area (Å²) >= 11 is 0. The minimum absolute atomic E-state index is 0.166. The van der Waals surface area contributed by atoms with Gasteiger partial charge in [0.05, 0.1) is 7.11 Å². The van der Waals surface area contributed by atoms with Gasteiger partial charge in [-0.2, -0.15) is 0 Å². The maximum Gasteiger partial charge on any atom is 0.251 e. The zero-order chi connectivity index (χ0) is 21.3. The molecule has 156 valence electrons. The number of nitrogens with zero attached hydrogens (tertiary/aromatic N) is 1. The van der Waals surface area contributed by atoms with Crippen LogP contribution in [0.15, 0.2) is 53.5 Å². The molecule has 3 N–H and O–H groups in total. The van der Waals surface area contributed by atoms with E-state index in [1.807, 2.05) is 19.9 Å². The Hall–Kier alpha value is -3.09. The number of guanidine groups is 1. The van der Waals surface area contributed by atoms with Crippen molar-refractivity contribution >= 4 is 11.9 Å². The van der Waals surface area contributed by atoms with E-state index in [0.717, 1.165) is 5.56 Å². The Bertz CT molecular complexity index is 852. The van der Waals surface area contributed by atoms with Gasteiger partial charge in [0.25, 0.3) is 5.91 Å². The molecule has 0 spiro atoms. The molecule has 29 heavy (non-hydrogen) atoms. The number of rotatable bonds is 8. The SMILES string of the molecule is CN=C(NCCNC(=O)c1cccc(OC)c1)NCC(C)(C)c1cccc(F)c1. The lowest BCUT2D eigenvalue weighted by molar-refractivity contribution is 0.0954. The van der Waals surface area contributed by atoms with E-state index in [9.17, 15) is 9.18 Å². The largest absolute Gasteiger partial charge is 0.497 e. The van der Waals surface area contributed by atoms with Crippen LogP contribution in [-0.4, -0.2) is 45.7 Å². The number of hydrogen-bond donors (Lipinski definition) is 3. The molecule has 0 radical (unpaired) electrons. The number of aliphatic imine (C=N–C) groups is 1. The fourth-order valence-corrected chi connectivity index (χ4v) is 2.76. The third kappa shape index (κ3) is 6.78. The molecule has 2 aromatic carbocycles. The lowest BCUT2D eigenvalue weighted by Crippen LogP contribution is -2.45. The van der Waals surface area contributed by atoms with Crippen molar-refractivity contribution in [3.63, 3.8) is 0 Å². The number of amides is 1. The monoisotopic (exact) mass is 400 g/mol. The highest BCUT2D eigenvalue weighted by Gasteiger charge is 2.21. The van der Waals surface area contributed by atoms with Crippen molar-refractivity contribution in [1.82, 2.24) is 16.0 Å². The molecule has 2 rings (SSSR count). The minimum atomic E-state index is -0.277. The second-order valence-corrected chi connectivity index (χ2v) is 7.23. The van der Waals surface area contributed by atoms with Gasteiger partial charge in [-0.15, -0.1) is 0 Å². The quantitative estimate of drug-likeness (QED) is 0.362. The summed E-state index contributed by atoms with van der Waals surface area (Å²) in [5.74, 6) is 0.845. The van der Waals surface area contributed by atoms with Gasteiger partial charge in [-0.1, -0.05) is 32.0 Å². The maximum absolute atomic E-state index is 13.5. The number of carbonyl (C=O) groups excluding carboxylic acids is 1. The van der Waals surface area contributed by atoms with Crippen LogP contribution in [0.25, 0.3) is 0 Å². The van der Waals surface area contributed by atoms with Crippen molar-refractivity contribution in [2.24, 2.45) is 4.99 Å². The van der Waals surface area contributed by atoms with Crippen molar-refractivity contribution in [2.75, 3.05) is 33.8 Å². The Morgan fingerprint density at radius 3 is 2.48 bits per heavy atom. The number of benzene rings is 2. The average molecular weight is 400 g/mol. The number of hydrogen-bond acceptors (Lipinski definition) is 3. The lowest BCUT2D eigenvalue weighted by atomic mass is 9.84. The van der Waals surface area contributed by atoms with Crippen molar-refractivity contribution in [3.05, 3.63) is 65.5 Å². The van der Waals surface area contributed by atoms with Crippen LogP contribution < -0.4 is 20.7 Å². The first-order valence-corrected chi connectivity index (χ1v) is 9.48. The van der Waals surface area contributed by atoms with Gasteiger partial charge in [-0.05, 0) is 35.9 Å². The third-order valence-corrected chi connectivity index (χ3v) is 4.56. The van der Waals surface area contributed by atoms with Crippen molar-refractivity contribution in [2.45, 2.75) is 19.3 Å². The highest BCUT2D eigenvalue weighted by Crippen LogP contribution is 2.22. The minimum Gasteiger partial charge on any atom is -0.497 e. The van der Waals surface area contributed by atoms with Crippen LogP contribution in [0.3, 0.4) is 0 Å². The zero-order valence-electron chi connectivity index (χ0n) is 17.4. The van der Waals surface area contributed by atoms with Gasteiger partial charge in [-0.25, -0.2) is 4.39 Å². The summed E-state index contributed by atoms with van der Waals surface area (Å²) in [6.07, 6.45) is 0. The Kier molecular flexibility index (Phi) is 8.00. The molecule has 0 fully saturated rings. The third-order valence-electron chi connectivity index (χ3n) is 4.56. The maximum atomic E-state index is 13.5. The van der Waals surface area contributed by atoms with Gasteiger partial charge < -0.3 is 20.7 Å². The van der Waals surface area contributed by atoms with Gasteiger partial charge in [0, 0.05) is 37.7 Å². The van der Waals surface area contributed by atoms with E-state index in [0.29, 0.717) is 36.9 Å². The molecule has 0 unspecified atom stereocenters. The second kappa shape index (κ2) is 10.5. The first kappa shape index (κ1) is 22.2. The van der Waals surface area contributed by atoms with E-state index in [1.54, 1.807) is 50.6 Å². The van der Waals surface area contributed by atoms with Gasteiger partial charge in [0.1, 0.15) is 11.6 Å². The Morgan fingerprint density at radius 1 is 1.07 bits per heavy atom. The summed E-state index contributed by atoms with van der Waals surface area (Å²) in [5, 5.41) is 9.26. The van der Waals surface area contributed by atoms with Crippen LogP contribution in [0.4, 0.5) is 4.39 Å². The van der Waals surface area contributed by atoms with Crippen molar-refractivity contribution in [3.8, 4) is 5.75 Å². The summed E-state index contributed by atoms with van der Waals surface area (Å²) < 4.78 is 18.6. The molecule has 0 atom stereocenters. The fourth-order valence-electron chi connectivity index (χ4n) is 2.76. The second-order valence-electron chi connectivity index (χ2n) is 7.23. The number of carbonyl (C=O) groups is 1. The number of ether oxygens (including phenoxy) is 1. The molecule has 2 aromatic rings. The number of halogens is 1. The summed E-state index contributed by atoms with van der Waals surface area (Å²) in [4.78, 5) is 16.4. The van der Waals surface area contributed by atoms with Crippen LogP contribution in [0.2, 0.25) is 0 Å². The number of nitrogens with one attached hydrogen (secondary N) is 3. The molecule has 0 aliphatic heterocycles. The molecule has 0 aliphatic rings. The van der Waals surface area contributed by atoms with E-state index < -0.39 is 0 Å². The number of methoxy groups -OCH3 is 1. The molecular formula is C22H29FN4O2. The van der Waals surface area contributed by atoms with Crippen LogP contribution in [0.5, 0.6) is 5.75 Å². The predicted molar refractivity (Wildman–Crippen MR) is 114 cm³/mol. The lowest BCUT2D eigenvalue weighted by Gasteiger charge is -2.27. The molecule has 0 aromatic heterocycles. The highest BCUT2D eigenvalue weighted by atomic mass is 19.1. The first-order chi connectivity index (χ1) is 13.9. The van der Waals surface area contributed by atoms with Crippen LogP contribution in [0, 0.1) is 5.82 Å². The topological polar surface area (TPSA) is 74.8 Å².